The lowest BCUT2D eigenvalue weighted by atomic mass is 9.71. The maximum Gasteiger partial charge on any atom is 0.00237 e. The van der Waals surface area contributed by atoms with Crippen LogP contribution in [0.4, 0.5) is 0 Å². The molecule has 0 N–H and O–H groups in total. The summed E-state index contributed by atoms with van der Waals surface area (Å²) in [6, 6.07) is 0. The summed E-state index contributed by atoms with van der Waals surface area (Å²) in [5, 5.41) is 0. The van der Waals surface area contributed by atoms with Crippen LogP contribution in [-0.4, -0.2) is 4.43 Å². The summed E-state index contributed by atoms with van der Waals surface area (Å²) in [5.74, 6) is 3.31. The lowest BCUT2D eigenvalue weighted by molar-refractivity contribution is 0.175. The minimum absolute atomic E-state index is 1.07. The largest absolute Gasteiger partial charge is 0.0861 e. The highest BCUT2D eigenvalue weighted by Crippen LogP contribution is 2.40. The molecule has 0 aromatic carbocycles. The van der Waals surface area contributed by atoms with Gasteiger partial charge in [0.15, 0.2) is 0 Å². The van der Waals surface area contributed by atoms with Gasteiger partial charge in [-0.15, -0.1) is 0 Å². The third-order valence-corrected chi connectivity index (χ3v) is 5.67. The number of rotatable bonds is 2. The fourth-order valence-electron chi connectivity index (χ4n) is 3.42. The van der Waals surface area contributed by atoms with Crippen molar-refractivity contribution in [3.8, 4) is 0 Å². The molecule has 0 radical (unpaired) electrons. The van der Waals surface area contributed by atoms with Gasteiger partial charge in [-0.3, -0.25) is 0 Å². The van der Waals surface area contributed by atoms with Crippen LogP contribution in [0, 0.1) is 17.8 Å². The molecule has 82 valence electrons. The van der Waals surface area contributed by atoms with Crippen molar-refractivity contribution in [2.24, 2.45) is 17.8 Å². The molecule has 2 aliphatic rings. The second-order valence-electron chi connectivity index (χ2n) is 5.33. The molecule has 0 bridgehead atoms. The van der Waals surface area contributed by atoms with Crippen molar-refractivity contribution in [2.45, 2.75) is 57.8 Å². The second-order valence-corrected chi connectivity index (χ2v) is 6.21. The van der Waals surface area contributed by atoms with E-state index in [0.717, 1.165) is 17.8 Å². The Morgan fingerprint density at radius 3 is 1.86 bits per heavy atom. The Labute approximate surface area is 102 Å². The summed E-state index contributed by atoms with van der Waals surface area (Å²) in [6.45, 7) is 0. The summed E-state index contributed by atoms with van der Waals surface area (Å²) in [6.07, 6.45) is 13.8. The first-order valence-corrected chi connectivity index (χ1v) is 7.98. The quantitative estimate of drug-likeness (QED) is 0.507. The van der Waals surface area contributed by atoms with Crippen LogP contribution in [0.1, 0.15) is 57.8 Å². The fourth-order valence-corrected chi connectivity index (χ4v) is 4.30. The molecular weight excluding hydrogens is 283 g/mol. The third-order valence-electron chi connectivity index (χ3n) is 4.43. The molecule has 2 fully saturated rings. The second kappa shape index (κ2) is 5.72. The molecule has 0 amide bonds. The smallest absolute Gasteiger partial charge is 0.00237 e. The van der Waals surface area contributed by atoms with E-state index in [4.69, 9.17) is 0 Å². The Morgan fingerprint density at radius 1 is 0.714 bits per heavy atom. The van der Waals surface area contributed by atoms with Crippen LogP contribution in [0.5, 0.6) is 0 Å². The number of hydrogen-bond acceptors (Lipinski definition) is 0. The van der Waals surface area contributed by atoms with Gasteiger partial charge in [0.05, 0.1) is 0 Å². The van der Waals surface area contributed by atoms with E-state index in [1.165, 1.54) is 36.5 Å². The van der Waals surface area contributed by atoms with Gasteiger partial charge in [-0.25, -0.2) is 0 Å². The minimum Gasteiger partial charge on any atom is -0.0861 e. The zero-order chi connectivity index (χ0) is 9.80. The molecule has 2 aliphatic carbocycles. The van der Waals surface area contributed by atoms with Gasteiger partial charge in [-0.2, -0.15) is 0 Å². The van der Waals surface area contributed by atoms with E-state index in [-0.39, 0.29) is 0 Å². The fraction of sp³-hybridized carbons (Fsp3) is 1.00. The predicted molar refractivity (Wildman–Crippen MR) is 70.9 cm³/mol. The summed E-state index contributed by atoms with van der Waals surface area (Å²) in [4.78, 5) is 0. The number of halogens is 1. The molecule has 0 aliphatic heterocycles. The van der Waals surface area contributed by atoms with Gasteiger partial charge in [0, 0.05) is 4.43 Å². The van der Waals surface area contributed by atoms with E-state index in [9.17, 15) is 0 Å². The predicted octanol–water partition coefficient (Wildman–Crippen LogP) is 4.81. The summed E-state index contributed by atoms with van der Waals surface area (Å²) >= 11 is 2.57. The summed E-state index contributed by atoms with van der Waals surface area (Å²) in [5.41, 5.74) is 0. The van der Waals surface area contributed by atoms with Gasteiger partial charge in [0.1, 0.15) is 0 Å². The van der Waals surface area contributed by atoms with Crippen molar-refractivity contribution in [3.63, 3.8) is 0 Å². The number of hydrogen-bond donors (Lipinski definition) is 0. The SMILES string of the molecule is ICC1CCC(C2CCCCC2)CC1. The molecule has 1 heteroatoms. The Balaban J connectivity index is 1.76. The van der Waals surface area contributed by atoms with Crippen LogP contribution in [0.3, 0.4) is 0 Å². The Kier molecular flexibility index (Phi) is 4.58. The van der Waals surface area contributed by atoms with E-state index in [1.807, 2.05) is 0 Å². The standard InChI is InChI=1S/C13H23I/c14-10-11-6-8-13(9-7-11)12-4-2-1-3-5-12/h11-13H,1-10H2. The van der Waals surface area contributed by atoms with Gasteiger partial charge < -0.3 is 0 Å². The maximum atomic E-state index is 2.57. The first kappa shape index (κ1) is 11.2. The molecule has 0 atom stereocenters. The molecule has 0 saturated heterocycles. The van der Waals surface area contributed by atoms with Crippen LogP contribution < -0.4 is 0 Å². The first-order valence-electron chi connectivity index (χ1n) is 6.46. The van der Waals surface area contributed by atoms with Crippen molar-refractivity contribution in [2.75, 3.05) is 4.43 Å². The van der Waals surface area contributed by atoms with E-state index < -0.39 is 0 Å². The Hall–Kier alpha value is 0.730. The lowest BCUT2D eigenvalue weighted by Crippen LogP contribution is -2.23. The monoisotopic (exact) mass is 306 g/mol. The maximum absolute atomic E-state index is 2.57. The highest BCUT2D eigenvalue weighted by Gasteiger charge is 2.27. The molecule has 2 saturated carbocycles. The minimum atomic E-state index is 1.07. The van der Waals surface area contributed by atoms with Gasteiger partial charge in [-0.1, -0.05) is 54.7 Å². The molecule has 0 unspecified atom stereocenters. The van der Waals surface area contributed by atoms with Crippen LogP contribution in [-0.2, 0) is 0 Å². The van der Waals surface area contributed by atoms with Gasteiger partial charge in [0.2, 0.25) is 0 Å². The zero-order valence-corrected chi connectivity index (χ0v) is 11.3. The topological polar surface area (TPSA) is 0 Å². The highest BCUT2D eigenvalue weighted by atomic mass is 127. The van der Waals surface area contributed by atoms with Crippen LogP contribution in [0.15, 0.2) is 0 Å². The average molecular weight is 306 g/mol. The van der Waals surface area contributed by atoms with Crippen molar-refractivity contribution in [1.82, 2.24) is 0 Å². The van der Waals surface area contributed by atoms with Crippen LogP contribution in [0.2, 0.25) is 0 Å². The molecular formula is C13H23I. The molecule has 0 heterocycles. The van der Waals surface area contributed by atoms with Crippen molar-refractivity contribution < 1.29 is 0 Å². The van der Waals surface area contributed by atoms with Gasteiger partial charge in [-0.05, 0) is 43.4 Å². The van der Waals surface area contributed by atoms with Gasteiger partial charge in [0.25, 0.3) is 0 Å². The summed E-state index contributed by atoms with van der Waals surface area (Å²) < 4.78 is 1.40. The normalized spacial score (nSPS) is 35.8. The third kappa shape index (κ3) is 2.86. The summed E-state index contributed by atoms with van der Waals surface area (Å²) in [7, 11) is 0. The zero-order valence-electron chi connectivity index (χ0n) is 9.18. The number of alkyl halides is 1. The molecule has 2 rings (SSSR count). The molecule has 14 heavy (non-hydrogen) atoms. The molecule has 0 aromatic rings. The van der Waals surface area contributed by atoms with E-state index in [0.29, 0.717) is 0 Å². The van der Waals surface area contributed by atoms with Crippen molar-refractivity contribution >= 4 is 22.6 Å². The first-order chi connectivity index (χ1) is 6.90. The van der Waals surface area contributed by atoms with E-state index in [2.05, 4.69) is 22.6 Å². The molecule has 0 spiro atoms. The lowest BCUT2D eigenvalue weighted by Gasteiger charge is -2.35. The van der Waals surface area contributed by atoms with E-state index >= 15 is 0 Å². The highest BCUT2D eigenvalue weighted by molar-refractivity contribution is 14.1. The Bertz CT molecular complexity index is 153. The molecule has 0 nitrogen and oxygen atoms in total. The molecule has 0 aromatic heterocycles. The van der Waals surface area contributed by atoms with Crippen LogP contribution in [0.25, 0.3) is 0 Å². The average Bonchev–Trinajstić information content (AvgIpc) is 2.30. The Morgan fingerprint density at radius 2 is 1.29 bits per heavy atom. The van der Waals surface area contributed by atoms with Crippen molar-refractivity contribution in [3.05, 3.63) is 0 Å². The van der Waals surface area contributed by atoms with Crippen LogP contribution >= 0.6 is 22.6 Å². The van der Waals surface area contributed by atoms with E-state index in [1.54, 1.807) is 25.7 Å². The van der Waals surface area contributed by atoms with Gasteiger partial charge >= 0.3 is 0 Å². The van der Waals surface area contributed by atoms with Crippen molar-refractivity contribution in [1.29, 1.82) is 0 Å².